The maximum absolute atomic E-state index is 4.82. The summed E-state index contributed by atoms with van der Waals surface area (Å²) in [7, 11) is 0. The van der Waals surface area contributed by atoms with E-state index < -0.39 is 0 Å². The fraction of sp³-hybridized carbons (Fsp3) is 0.176. The van der Waals surface area contributed by atoms with Crippen molar-refractivity contribution in [1.29, 1.82) is 0 Å². The summed E-state index contributed by atoms with van der Waals surface area (Å²) in [5, 5.41) is 9.09. The second-order valence-corrected chi connectivity index (χ2v) is 10.6. The minimum atomic E-state index is -0.349. The van der Waals surface area contributed by atoms with Gasteiger partial charge < -0.3 is 0 Å². The average molecular weight is 527 g/mol. The van der Waals surface area contributed by atoms with E-state index in [1.807, 2.05) is 97.1 Å². The molecule has 6 nitrogen and oxygen atoms in total. The van der Waals surface area contributed by atoms with E-state index in [9.17, 15) is 0 Å². The first-order valence-electron chi connectivity index (χ1n) is 13.4. The van der Waals surface area contributed by atoms with Gasteiger partial charge in [-0.15, -0.1) is 0 Å². The molecule has 0 fully saturated rings. The Hall–Kier alpha value is -4.84. The highest BCUT2D eigenvalue weighted by Crippen LogP contribution is 2.23. The van der Waals surface area contributed by atoms with Crippen LogP contribution < -0.4 is 10.9 Å². The predicted molar refractivity (Wildman–Crippen MR) is 166 cm³/mol. The van der Waals surface area contributed by atoms with Crippen LogP contribution in [-0.4, -0.2) is 34.2 Å². The van der Waals surface area contributed by atoms with Crippen molar-refractivity contribution < 1.29 is 0 Å². The zero-order valence-corrected chi connectivity index (χ0v) is 23.3. The maximum atomic E-state index is 4.82. The van der Waals surface area contributed by atoms with Crippen LogP contribution >= 0.6 is 0 Å². The Balaban J connectivity index is 0.000000161. The van der Waals surface area contributed by atoms with E-state index in [0.29, 0.717) is 0 Å². The van der Waals surface area contributed by atoms with Gasteiger partial charge in [0.1, 0.15) is 22.7 Å². The summed E-state index contributed by atoms with van der Waals surface area (Å²) in [4.78, 5) is 9.63. The van der Waals surface area contributed by atoms with Crippen molar-refractivity contribution >= 4 is 23.1 Å². The summed E-state index contributed by atoms with van der Waals surface area (Å²) in [5.74, 6) is 1.63. The molecule has 0 radical (unpaired) electrons. The van der Waals surface area contributed by atoms with Gasteiger partial charge in [0.2, 0.25) is 0 Å². The first-order valence-corrected chi connectivity index (χ1v) is 13.4. The molecule has 4 aromatic rings. The standard InChI is InChI=1S/2C17H17N3/c2*1-17(2)15(13-9-5-3-6-10-13)19-20-16(18-17)14-11-7-4-8-12-14/h2*3-12H,1-2H3,(H,18,20). The summed E-state index contributed by atoms with van der Waals surface area (Å²) in [6.07, 6.45) is 0. The third-order valence-corrected chi connectivity index (χ3v) is 6.68. The van der Waals surface area contributed by atoms with Crippen LogP contribution in [0.15, 0.2) is 142 Å². The normalized spacial score (nSPS) is 16.9. The van der Waals surface area contributed by atoms with E-state index in [-0.39, 0.29) is 11.1 Å². The highest BCUT2D eigenvalue weighted by atomic mass is 15.4. The Morgan fingerprint density at radius 2 is 0.675 bits per heavy atom. The summed E-state index contributed by atoms with van der Waals surface area (Å²) in [6, 6.07) is 40.5. The van der Waals surface area contributed by atoms with Crippen molar-refractivity contribution in [2.45, 2.75) is 38.8 Å². The lowest BCUT2D eigenvalue weighted by Crippen LogP contribution is -2.40. The number of hydrogen-bond donors (Lipinski definition) is 2. The lowest BCUT2D eigenvalue weighted by atomic mass is 9.92. The smallest absolute Gasteiger partial charge is 0.149 e. The average Bonchev–Trinajstić information content (AvgIpc) is 2.98. The number of amidine groups is 2. The van der Waals surface area contributed by atoms with E-state index in [1.165, 1.54) is 0 Å². The predicted octanol–water partition coefficient (Wildman–Crippen LogP) is 6.44. The van der Waals surface area contributed by atoms with Gasteiger partial charge in [0.25, 0.3) is 0 Å². The van der Waals surface area contributed by atoms with Gasteiger partial charge in [-0.1, -0.05) is 121 Å². The molecule has 0 unspecified atom stereocenters. The van der Waals surface area contributed by atoms with Gasteiger partial charge in [0.15, 0.2) is 0 Å². The molecule has 0 saturated heterocycles. The van der Waals surface area contributed by atoms with Crippen molar-refractivity contribution in [1.82, 2.24) is 10.9 Å². The monoisotopic (exact) mass is 526 g/mol. The molecular formula is C34H34N6. The van der Waals surface area contributed by atoms with Crippen LogP contribution in [0.25, 0.3) is 0 Å². The highest BCUT2D eigenvalue weighted by Gasteiger charge is 2.31. The Labute approximate surface area is 236 Å². The van der Waals surface area contributed by atoms with Crippen molar-refractivity contribution in [3.8, 4) is 0 Å². The molecule has 0 amide bonds. The van der Waals surface area contributed by atoms with Gasteiger partial charge in [-0.05, 0) is 27.7 Å². The number of hydrogen-bond acceptors (Lipinski definition) is 6. The zero-order valence-electron chi connectivity index (χ0n) is 23.3. The molecule has 4 aromatic carbocycles. The summed E-state index contributed by atoms with van der Waals surface area (Å²) >= 11 is 0. The summed E-state index contributed by atoms with van der Waals surface area (Å²) in [6.45, 7) is 8.34. The number of nitrogens with zero attached hydrogens (tertiary/aromatic N) is 4. The van der Waals surface area contributed by atoms with Gasteiger partial charge in [-0.2, -0.15) is 10.2 Å². The topological polar surface area (TPSA) is 73.5 Å². The molecule has 200 valence electrons. The van der Waals surface area contributed by atoms with Gasteiger partial charge >= 0.3 is 0 Å². The molecule has 0 atom stereocenters. The minimum absolute atomic E-state index is 0.349. The number of rotatable bonds is 4. The number of benzene rings is 4. The molecular weight excluding hydrogens is 492 g/mol. The van der Waals surface area contributed by atoms with Crippen molar-refractivity contribution in [3.63, 3.8) is 0 Å². The van der Waals surface area contributed by atoms with Gasteiger partial charge in [0, 0.05) is 22.3 Å². The molecule has 2 N–H and O–H groups in total. The molecule has 0 saturated carbocycles. The van der Waals surface area contributed by atoms with E-state index >= 15 is 0 Å². The molecule has 6 rings (SSSR count). The molecule has 2 aliphatic heterocycles. The van der Waals surface area contributed by atoms with Gasteiger partial charge in [0.05, 0.1) is 11.4 Å². The Bertz CT molecular complexity index is 1430. The molecule has 6 heteroatoms. The number of nitrogens with one attached hydrogen (secondary N) is 2. The van der Waals surface area contributed by atoms with E-state index in [4.69, 9.17) is 9.98 Å². The van der Waals surface area contributed by atoms with E-state index in [1.54, 1.807) is 0 Å². The van der Waals surface area contributed by atoms with Crippen LogP contribution in [0.4, 0.5) is 0 Å². The second kappa shape index (κ2) is 11.5. The molecule has 2 heterocycles. The summed E-state index contributed by atoms with van der Waals surface area (Å²) < 4.78 is 0. The SMILES string of the molecule is CC1(C)N=C(c2ccccc2)NN=C1c1ccccc1.CC1(C)N=C(c2ccccc2)NN=C1c1ccccc1. The highest BCUT2D eigenvalue weighted by molar-refractivity contribution is 6.13. The lowest BCUT2D eigenvalue weighted by Gasteiger charge is -2.28. The number of hydrazone groups is 2. The quantitative estimate of drug-likeness (QED) is 0.321. The van der Waals surface area contributed by atoms with Crippen LogP contribution in [0.1, 0.15) is 49.9 Å². The van der Waals surface area contributed by atoms with Crippen LogP contribution in [-0.2, 0) is 0 Å². The maximum Gasteiger partial charge on any atom is 0.149 e. The van der Waals surface area contributed by atoms with Crippen LogP contribution in [0.5, 0.6) is 0 Å². The van der Waals surface area contributed by atoms with Crippen LogP contribution in [0, 0.1) is 0 Å². The molecule has 0 spiro atoms. The first-order chi connectivity index (χ1) is 19.3. The third-order valence-electron chi connectivity index (χ3n) is 6.68. The Morgan fingerprint density at radius 3 is 0.950 bits per heavy atom. The van der Waals surface area contributed by atoms with E-state index in [0.717, 1.165) is 45.3 Å². The fourth-order valence-corrected chi connectivity index (χ4v) is 4.68. The van der Waals surface area contributed by atoms with Crippen LogP contribution in [0.3, 0.4) is 0 Å². The van der Waals surface area contributed by atoms with Crippen molar-refractivity contribution in [2.75, 3.05) is 0 Å². The lowest BCUT2D eigenvalue weighted by molar-refractivity contribution is 0.671. The molecule has 40 heavy (non-hydrogen) atoms. The first kappa shape index (κ1) is 26.8. The third kappa shape index (κ3) is 6.07. The second-order valence-electron chi connectivity index (χ2n) is 10.6. The van der Waals surface area contributed by atoms with Gasteiger partial charge in [-0.3, -0.25) is 20.8 Å². The van der Waals surface area contributed by atoms with Crippen molar-refractivity contribution in [2.24, 2.45) is 20.2 Å². The molecule has 2 aliphatic rings. The minimum Gasteiger partial charge on any atom is -0.261 e. The Kier molecular flexibility index (Phi) is 7.69. The number of aliphatic imine (C=N–C) groups is 2. The van der Waals surface area contributed by atoms with Crippen LogP contribution in [0.2, 0.25) is 0 Å². The molecule has 0 aliphatic carbocycles. The van der Waals surface area contributed by atoms with Crippen molar-refractivity contribution in [3.05, 3.63) is 144 Å². The largest absolute Gasteiger partial charge is 0.261 e. The Morgan fingerprint density at radius 1 is 0.400 bits per heavy atom. The van der Waals surface area contributed by atoms with Gasteiger partial charge in [-0.25, -0.2) is 0 Å². The molecule has 0 bridgehead atoms. The fourth-order valence-electron chi connectivity index (χ4n) is 4.68. The van der Waals surface area contributed by atoms with E-state index in [2.05, 4.69) is 73.0 Å². The zero-order chi connectivity index (χ0) is 28.0. The molecule has 0 aromatic heterocycles. The summed E-state index contributed by atoms with van der Waals surface area (Å²) in [5.41, 5.74) is 11.7.